The summed E-state index contributed by atoms with van der Waals surface area (Å²) in [6, 6.07) is 20.4. The summed E-state index contributed by atoms with van der Waals surface area (Å²) in [5.41, 5.74) is 10.1. The van der Waals surface area contributed by atoms with Crippen molar-refractivity contribution in [3.63, 3.8) is 0 Å². The van der Waals surface area contributed by atoms with Crippen LogP contribution in [0.3, 0.4) is 0 Å². The van der Waals surface area contributed by atoms with Crippen LogP contribution in [0.5, 0.6) is 0 Å². The Balaban J connectivity index is 1.75. The number of anilines is 1. The molecule has 0 spiro atoms. The molecule has 1 atom stereocenters. The average Bonchev–Trinajstić information content (AvgIpc) is 2.97. The van der Waals surface area contributed by atoms with E-state index in [1.54, 1.807) is 31.2 Å². The number of primary amides is 1. The first kappa shape index (κ1) is 19.6. The van der Waals surface area contributed by atoms with Crippen LogP contribution in [0, 0.1) is 0 Å². The van der Waals surface area contributed by atoms with Gasteiger partial charge in [-0.1, -0.05) is 36.4 Å². The van der Waals surface area contributed by atoms with Crippen molar-refractivity contribution in [3.8, 4) is 11.1 Å². The second-order valence-electron chi connectivity index (χ2n) is 7.92. The molecule has 1 aliphatic rings. The van der Waals surface area contributed by atoms with Gasteiger partial charge in [0.25, 0.3) is 0 Å². The van der Waals surface area contributed by atoms with Gasteiger partial charge >= 0.3 is 0 Å². The summed E-state index contributed by atoms with van der Waals surface area (Å²) in [6.07, 6.45) is 0.434. The largest absolute Gasteiger partial charge is 0.366 e. The van der Waals surface area contributed by atoms with Gasteiger partial charge in [-0.05, 0) is 72.9 Å². The van der Waals surface area contributed by atoms with Crippen molar-refractivity contribution in [1.82, 2.24) is 0 Å². The normalized spacial score (nSPS) is 17.3. The van der Waals surface area contributed by atoms with Gasteiger partial charge in [0.2, 0.25) is 11.8 Å². The van der Waals surface area contributed by atoms with E-state index in [2.05, 4.69) is 5.32 Å². The fraction of sp³-hybridized carbons (Fsp3) is 0.160. The molecule has 0 aromatic heterocycles. The van der Waals surface area contributed by atoms with Crippen LogP contribution in [0.4, 0.5) is 5.69 Å². The molecule has 4 rings (SSSR count). The highest BCUT2D eigenvalue weighted by molar-refractivity contribution is 6.06. The van der Waals surface area contributed by atoms with E-state index in [0.717, 1.165) is 27.9 Å². The number of benzene rings is 3. The SMILES string of the molecule is CC(=O)c1cccc(-c2ccc3c(c2)C(C)(Cc2cccc(C(N)=O)c2)C(=O)N3)c1. The van der Waals surface area contributed by atoms with E-state index in [0.29, 0.717) is 17.5 Å². The molecule has 3 aromatic carbocycles. The Morgan fingerprint density at radius 1 is 0.933 bits per heavy atom. The van der Waals surface area contributed by atoms with Gasteiger partial charge in [-0.25, -0.2) is 0 Å². The van der Waals surface area contributed by atoms with Gasteiger partial charge in [-0.15, -0.1) is 0 Å². The quantitative estimate of drug-likeness (QED) is 0.634. The minimum absolute atomic E-state index is 0.00836. The lowest BCUT2D eigenvalue weighted by Crippen LogP contribution is -2.33. The number of ketones is 1. The van der Waals surface area contributed by atoms with E-state index in [4.69, 9.17) is 5.73 Å². The standard InChI is InChI=1S/C25H22N2O3/c1-15(28)17-6-4-7-18(12-17)19-9-10-22-21(13-19)25(2,24(30)27-22)14-16-5-3-8-20(11-16)23(26)29/h3-13H,14H2,1-2H3,(H2,26,29)(H,27,30). The molecule has 30 heavy (non-hydrogen) atoms. The van der Waals surface area contributed by atoms with E-state index in [1.807, 2.05) is 49.4 Å². The molecule has 0 fully saturated rings. The number of Topliss-reactive ketones (excluding diaryl/α,β-unsaturated/α-hetero) is 1. The van der Waals surface area contributed by atoms with Crippen LogP contribution in [0.1, 0.15) is 45.7 Å². The molecule has 0 radical (unpaired) electrons. The maximum absolute atomic E-state index is 12.9. The number of carbonyl (C=O) groups excluding carboxylic acids is 3. The zero-order valence-electron chi connectivity index (χ0n) is 16.9. The van der Waals surface area contributed by atoms with Crippen LogP contribution >= 0.6 is 0 Å². The summed E-state index contributed by atoms with van der Waals surface area (Å²) in [5, 5.41) is 2.97. The average molecular weight is 398 g/mol. The van der Waals surface area contributed by atoms with E-state index in [1.165, 1.54) is 0 Å². The Bertz CT molecular complexity index is 1200. The van der Waals surface area contributed by atoms with Crippen molar-refractivity contribution >= 4 is 23.3 Å². The van der Waals surface area contributed by atoms with Crippen molar-refractivity contribution in [2.24, 2.45) is 5.73 Å². The van der Waals surface area contributed by atoms with Gasteiger partial charge in [0.1, 0.15) is 0 Å². The minimum Gasteiger partial charge on any atom is -0.366 e. The van der Waals surface area contributed by atoms with Gasteiger partial charge in [-0.3, -0.25) is 14.4 Å². The van der Waals surface area contributed by atoms with Crippen LogP contribution < -0.4 is 11.1 Å². The number of nitrogens with two attached hydrogens (primary N) is 1. The third kappa shape index (κ3) is 3.39. The Hall–Kier alpha value is -3.73. The first-order valence-electron chi connectivity index (χ1n) is 9.74. The Kier molecular flexibility index (Phi) is 4.74. The van der Waals surface area contributed by atoms with Crippen molar-refractivity contribution in [1.29, 1.82) is 0 Å². The highest BCUT2D eigenvalue weighted by Gasteiger charge is 2.42. The zero-order chi connectivity index (χ0) is 21.5. The highest BCUT2D eigenvalue weighted by atomic mass is 16.2. The van der Waals surface area contributed by atoms with Crippen LogP contribution in [0.15, 0.2) is 66.7 Å². The van der Waals surface area contributed by atoms with Gasteiger partial charge in [0.15, 0.2) is 5.78 Å². The molecular weight excluding hydrogens is 376 g/mol. The summed E-state index contributed by atoms with van der Waals surface area (Å²) >= 11 is 0. The second kappa shape index (κ2) is 7.26. The van der Waals surface area contributed by atoms with Crippen molar-refractivity contribution in [2.75, 3.05) is 5.32 Å². The molecule has 0 aliphatic carbocycles. The van der Waals surface area contributed by atoms with Gasteiger partial charge < -0.3 is 11.1 Å². The summed E-state index contributed by atoms with van der Waals surface area (Å²) in [5.74, 6) is -0.573. The third-order valence-corrected chi connectivity index (χ3v) is 5.73. The molecule has 0 bridgehead atoms. The molecule has 1 aliphatic heterocycles. The predicted molar refractivity (Wildman–Crippen MR) is 117 cm³/mol. The molecular formula is C25H22N2O3. The molecule has 1 heterocycles. The number of fused-ring (bicyclic) bond motifs is 1. The fourth-order valence-electron chi connectivity index (χ4n) is 4.01. The first-order valence-corrected chi connectivity index (χ1v) is 9.74. The summed E-state index contributed by atoms with van der Waals surface area (Å²) < 4.78 is 0. The van der Waals surface area contributed by atoms with E-state index < -0.39 is 11.3 Å². The lowest BCUT2D eigenvalue weighted by atomic mass is 9.77. The first-order chi connectivity index (χ1) is 14.3. The molecule has 1 unspecified atom stereocenters. The Morgan fingerprint density at radius 2 is 1.63 bits per heavy atom. The van der Waals surface area contributed by atoms with E-state index in [-0.39, 0.29) is 11.7 Å². The molecule has 2 amide bonds. The molecule has 0 saturated heterocycles. The van der Waals surface area contributed by atoms with E-state index in [9.17, 15) is 14.4 Å². The third-order valence-electron chi connectivity index (χ3n) is 5.73. The lowest BCUT2D eigenvalue weighted by Gasteiger charge is -2.23. The monoisotopic (exact) mass is 398 g/mol. The van der Waals surface area contributed by atoms with Crippen LogP contribution in [0.2, 0.25) is 0 Å². The number of hydrogen-bond acceptors (Lipinski definition) is 3. The van der Waals surface area contributed by atoms with Crippen LogP contribution in [0.25, 0.3) is 11.1 Å². The summed E-state index contributed by atoms with van der Waals surface area (Å²) in [7, 11) is 0. The number of hydrogen-bond donors (Lipinski definition) is 2. The van der Waals surface area contributed by atoms with Crippen LogP contribution in [-0.4, -0.2) is 17.6 Å². The van der Waals surface area contributed by atoms with Gasteiger partial charge in [-0.2, -0.15) is 0 Å². The molecule has 5 heteroatoms. The number of amides is 2. The van der Waals surface area contributed by atoms with Crippen molar-refractivity contribution in [3.05, 3.63) is 89.0 Å². The predicted octanol–water partition coefficient (Wildman–Crippen LogP) is 4.11. The summed E-state index contributed by atoms with van der Waals surface area (Å²) in [6.45, 7) is 3.45. The summed E-state index contributed by atoms with van der Waals surface area (Å²) in [4.78, 5) is 36.2. The minimum atomic E-state index is -0.792. The van der Waals surface area contributed by atoms with E-state index >= 15 is 0 Å². The highest BCUT2D eigenvalue weighted by Crippen LogP contribution is 2.42. The van der Waals surface area contributed by atoms with Crippen molar-refractivity contribution in [2.45, 2.75) is 25.7 Å². The number of rotatable bonds is 5. The molecule has 0 saturated carbocycles. The van der Waals surface area contributed by atoms with Crippen LogP contribution in [-0.2, 0) is 16.6 Å². The molecule has 3 aromatic rings. The number of nitrogens with one attached hydrogen (secondary N) is 1. The maximum Gasteiger partial charge on any atom is 0.248 e. The van der Waals surface area contributed by atoms with Crippen molar-refractivity contribution < 1.29 is 14.4 Å². The lowest BCUT2D eigenvalue weighted by molar-refractivity contribution is -0.120. The maximum atomic E-state index is 12.9. The molecule has 3 N–H and O–H groups in total. The topological polar surface area (TPSA) is 89.3 Å². The Labute approximate surface area is 174 Å². The van der Waals surface area contributed by atoms with Gasteiger partial charge in [0, 0.05) is 16.8 Å². The smallest absolute Gasteiger partial charge is 0.248 e. The van der Waals surface area contributed by atoms with Gasteiger partial charge in [0.05, 0.1) is 5.41 Å². The Morgan fingerprint density at radius 3 is 2.37 bits per heavy atom. The molecule has 150 valence electrons. The fourth-order valence-corrected chi connectivity index (χ4v) is 4.01. The molecule has 5 nitrogen and oxygen atoms in total. The zero-order valence-corrected chi connectivity index (χ0v) is 16.9. The second-order valence-corrected chi connectivity index (χ2v) is 7.92. The number of carbonyl (C=O) groups is 3.